The van der Waals surface area contributed by atoms with Crippen molar-refractivity contribution >= 4 is 5.91 Å². The molecule has 2 rings (SSSR count). The zero-order valence-electron chi connectivity index (χ0n) is 12.1. The van der Waals surface area contributed by atoms with Crippen LogP contribution >= 0.6 is 0 Å². The third-order valence-electron chi connectivity index (χ3n) is 4.38. The first-order valence-corrected chi connectivity index (χ1v) is 7.40. The summed E-state index contributed by atoms with van der Waals surface area (Å²) in [5.74, 6) is 0.727. The Morgan fingerprint density at radius 2 is 2.21 bits per heavy atom. The van der Waals surface area contributed by atoms with Crippen LogP contribution in [0.5, 0.6) is 0 Å². The molecular formula is C14H27N3O2. The molecule has 3 N–H and O–H groups in total. The average molecular weight is 269 g/mol. The van der Waals surface area contributed by atoms with Crippen molar-refractivity contribution in [1.82, 2.24) is 10.2 Å². The van der Waals surface area contributed by atoms with Crippen LogP contribution in [-0.4, -0.2) is 55.7 Å². The van der Waals surface area contributed by atoms with E-state index in [1.165, 1.54) is 0 Å². The van der Waals surface area contributed by atoms with Crippen molar-refractivity contribution in [3.63, 3.8) is 0 Å². The summed E-state index contributed by atoms with van der Waals surface area (Å²) in [4.78, 5) is 14.2. The normalized spacial score (nSPS) is 30.1. The lowest BCUT2D eigenvalue weighted by atomic mass is 9.94. The minimum Gasteiger partial charge on any atom is -0.380 e. The van der Waals surface area contributed by atoms with E-state index in [1.807, 2.05) is 0 Å². The molecule has 2 fully saturated rings. The zero-order chi connectivity index (χ0) is 13.8. The molecule has 1 saturated carbocycles. The van der Waals surface area contributed by atoms with E-state index in [2.05, 4.69) is 17.1 Å². The highest BCUT2D eigenvalue weighted by atomic mass is 16.5. The highest BCUT2D eigenvalue weighted by Crippen LogP contribution is 2.22. The maximum absolute atomic E-state index is 11.9. The van der Waals surface area contributed by atoms with Crippen LogP contribution in [0.4, 0.5) is 0 Å². The van der Waals surface area contributed by atoms with Crippen molar-refractivity contribution in [2.75, 3.05) is 26.7 Å². The van der Waals surface area contributed by atoms with Crippen molar-refractivity contribution in [2.45, 2.75) is 50.8 Å². The van der Waals surface area contributed by atoms with Gasteiger partial charge < -0.3 is 15.8 Å². The van der Waals surface area contributed by atoms with Gasteiger partial charge in [0.05, 0.1) is 6.10 Å². The number of nitrogens with one attached hydrogen (secondary N) is 1. The van der Waals surface area contributed by atoms with E-state index < -0.39 is 0 Å². The third-order valence-corrected chi connectivity index (χ3v) is 4.38. The molecule has 3 atom stereocenters. The topological polar surface area (TPSA) is 67.6 Å². The van der Waals surface area contributed by atoms with Crippen molar-refractivity contribution in [2.24, 2.45) is 11.7 Å². The summed E-state index contributed by atoms with van der Waals surface area (Å²) in [5.41, 5.74) is 5.86. The average Bonchev–Trinajstić information content (AvgIpc) is 3.20. The van der Waals surface area contributed by atoms with Crippen molar-refractivity contribution < 1.29 is 9.53 Å². The molecular weight excluding hydrogens is 242 g/mol. The molecule has 2 aliphatic rings. The molecule has 0 radical (unpaired) electrons. The molecule has 1 saturated heterocycles. The molecule has 5 heteroatoms. The lowest BCUT2D eigenvalue weighted by Crippen LogP contribution is -2.52. The first-order chi connectivity index (χ1) is 9.13. The Labute approximate surface area is 115 Å². The number of nitrogens with two attached hydrogens (primary N) is 1. The fourth-order valence-electron chi connectivity index (χ4n) is 2.79. The molecule has 0 bridgehead atoms. The summed E-state index contributed by atoms with van der Waals surface area (Å²) < 4.78 is 5.52. The van der Waals surface area contributed by atoms with Crippen LogP contribution in [0.15, 0.2) is 0 Å². The van der Waals surface area contributed by atoms with E-state index in [0.29, 0.717) is 24.9 Å². The number of ether oxygens (including phenoxy) is 1. The van der Waals surface area contributed by atoms with Gasteiger partial charge in [0.2, 0.25) is 5.91 Å². The number of hydrogen-bond donors (Lipinski definition) is 2. The zero-order valence-corrected chi connectivity index (χ0v) is 12.1. The summed E-state index contributed by atoms with van der Waals surface area (Å²) in [6, 6.07) is 0.572. The summed E-state index contributed by atoms with van der Waals surface area (Å²) in [6.07, 6.45) is 4.14. The Morgan fingerprint density at radius 3 is 2.79 bits per heavy atom. The number of carbonyl (C=O) groups is 1. The van der Waals surface area contributed by atoms with Crippen LogP contribution in [-0.2, 0) is 9.53 Å². The lowest BCUT2D eigenvalue weighted by Gasteiger charge is -2.40. The van der Waals surface area contributed by atoms with E-state index in [4.69, 9.17) is 10.5 Å². The second kappa shape index (κ2) is 6.68. The first kappa shape index (κ1) is 14.8. The Morgan fingerprint density at radius 1 is 1.47 bits per heavy atom. The van der Waals surface area contributed by atoms with Crippen LogP contribution < -0.4 is 11.1 Å². The Hall–Kier alpha value is -0.650. The summed E-state index contributed by atoms with van der Waals surface area (Å²) in [5, 5.41) is 3.04. The summed E-state index contributed by atoms with van der Waals surface area (Å²) in [7, 11) is 1.77. The molecule has 1 aliphatic carbocycles. The van der Waals surface area contributed by atoms with Crippen LogP contribution in [0, 0.1) is 5.92 Å². The molecule has 1 aliphatic heterocycles. The van der Waals surface area contributed by atoms with Crippen LogP contribution in [0.2, 0.25) is 0 Å². The number of carbonyl (C=O) groups excluding carboxylic acids is 1. The van der Waals surface area contributed by atoms with Gasteiger partial charge in [0.1, 0.15) is 0 Å². The quantitative estimate of drug-likeness (QED) is 0.729. The van der Waals surface area contributed by atoms with Crippen LogP contribution in [0.3, 0.4) is 0 Å². The van der Waals surface area contributed by atoms with Crippen molar-refractivity contribution in [3.8, 4) is 0 Å². The Balaban J connectivity index is 1.83. The monoisotopic (exact) mass is 269 g/mol. The number of amides is 1. The predicted octanol–water partition coefficient (Wildman–Crippen LogP) is 0.339. The molecule has 110 valence electrons. The molecule has 19 heavy (non-hydrogen) atoms. The van der Waals surface area contributed by atoms with Gasteiger partial charge in [0.25, 0.3) is 0 Å². The number of piperidine rings is 1. The van der Waals surface area contributed by atoms with Gasteiger partial charge in [-0.2, -0.15) is 0 Å². The van der Waals surface area contributed by atoms with Crippen LogP contribution in [0.25, 0.3) is 0 Å². The van der Waals surface area contributed by atoms with Crippen LogP contribution in [0.1, 0.15) is 32.6 Å². The second-order valence-electron chi connectivity index (χ2n) is 5.97. The number of methoxy groups -OCH3 is 1. The highest BCUT2D eigenvalue weighted by molar-refractivity contribution is 5.77. The maximum Gasteiger partial charge on any atom is 0.221 e. The van der Waals surface area contributed by atoms with Crippen molar-refractivity contribution in [3.05, 3.63) is 0 Å². The number of rotatable bonds is 6. The van der Waals surface area contributed by atoms with E-state index >= 15 is 0 Å². The molecule has 3 unspecified atom stereocenters. The minimum absolute atomic E-state index is 0.142. The first-order valence-electron chi connectivity index (χ1n) is 7.40. The van der Waals surface area contributed by atoms with Crippen molar-refractivity contribution in [1.29, 1.82) is 0 Å². The summed E-state index contributed by atoms with van der Waals surface area (Å²) in [6.45, 7) is 4.65. The van der Waals surface area contributed by atoms with E-state index in [-0.39, 0.29) is 18.1 Å². The fourth-order valence-corrected chi connectivity index (χ4v) is 2.79. The Kier molecular flexibility index (Phi) is 5.19. The van der Waals surface area contributed by atoms with Gasteiger partial charge in [0.15, 0.2) is 0 Å². The molecule has 0 spiro atoms. The van der Waals surface area contributed by atoms with E-state index in [9.17, 15) is 4.79 Å². The van der Waals surface area contributed by atoms with E-state index in [1.54, 1.807) is 7.11 Å². The summed E-state index contributed by atoms with van der Waals surface area (Å²) >= 11 is 0. The highest BCUT2D eigenvalue weighted by Gasteiger charge is 2.31. The van der Waals surface area contributed by atoms with Gasteiger partial charge in [0, 0.05) is 38.7 Å². The smallest absolute Gasteiger partial charge is 0.221 e. The van der Waals surface area contributed by atoms with Gasteiger partial charge in [-0.3, -0.25) is 9.69 Å². The number of nitrogens with zero attached hydrogens (tertiary/aromatic N) is 1. The molecule has 0 aromatic rings. The molecule has 1 amide bonds. The third kappa shape index (κ3) is 4.16. The SMILES string of the molecule is COC1CN(C(CN)CC(=O)NC2CC2)CCC1C. The molecule has 5 nitrogen and oxygen atoms in total. The lowest BCUT2D eigenvalue weighted by molar-refractivity contribution is -0.123. The van der Waals surface area contributed by atoms with E-state index in [0.717, 1.165) is 32.4 Å². The predicted molar refractivity (Wildman–Crippen MR) is 74.8 cm³/mol. The van der Waals surface area contributed by atoms with Gasteiger partial charge in [-0.15, -0.1) is 0 Å². The maximum atomic E-state index is 11.9. The molecule has 0 aromatic heterocycles. The fraction of sp³-hybridized carbons (Fsp3) is 0.929. The van der Waals surface area contributed by atoms with Gasteiger partial charge in [-0.1, -0.05) is 6.92 Å². The molecule has 1 heterocycles. The van der Waals surface area contributed by atoms with Gasteiger partial charge in [-0.05, 0) is 31.7 Å². The Bertz CT molecular complexity index is 307. The minimum atomic E-state index is 0.142. The standard InChI is InChI=1S/C14H27N3O2/c1-10-5-6-17(9-13(10)19-2)12(8-15)7-14(18)16-11-3-4-11/h10-13H,3-9,15H2,1-2H3,(H,16,18). The van der Waals surface area contributed by atoms with Gasteiger partial charge >= 0.3 is 0 Å². The molecule has 0 aromatic carbocycles. The number of hydrogen-bond acceptors (Lipinski definition) is 4. The second-order valence-corrected chi connectivity index (χ2v) is 5.97. The largest absolute Gasteiger partial charge is 0.380 e. The van der Waals surface area contributed by atoms with Gasteiger partial charge in [-0.25, -0.2) is 0 Å². The number of likely N-dealkylation sites (tertiary alicyclic amines) is 1.